The largest absolute Gasteiger partial charge is 0.370 e. The summed E-state index contributed by atoms with van der Waals surface area (Å²) in [7, 11) is 0. The quantitative estimate of drug-likeness (QED) is 0.0152. The SMILES string of the molecule is CC(C)C[C@H](NC(=O)[C@H](Cc1ccccc1)NC(=O)[C@@H](N)Cc1ccc2ccccc2c1)C(=O)N[C@@H](Cc1ccccc1)C(=O)N[C@@H](CCCN=C(N)N)C(=O)N1CCC[C@H]1C(=O)N[C@@H](CCCN=C(N)N)C(=O)N[C@@H](CC(N)=O)C(N)=O. The van der Waals surface area contributed by atoms with Gasteiger partial charge in [0.25, 0.3) is 0 Å². The monoisotopic (exact) mass is 1140 g/mol. The molecule has 8 atom stereocenters. The van der Waals surface area contributed by atoms with E-state index in [1.54, 1.807) is 42.5 Å². The molecular weight excluding hydrogens is 1060 g/mol. The molecule has 25 nitrogen and oxygen atoms in total. The molecule has 0 bridgehead atoms. The van der Waals surface area contributed by atoms with E-state index in [2.05, 4.69) is 41.9 Å². The number of hydrogen-bond acceptors (Lipinski definition) is 12. The average Bonchev–Trinajstić information content (AvgIpc) is 3.95. The van der Waals surface area contributed by atoms with E-state index < -0.39 is 108 Å². The molecule has 9 amide bonds. The lowest BCUT2D eigenvalue weighted by atomic mass is 9.99. The highest BCUT2D eigenvalue weighted by molar-refractivity contribution is 5.98. The van der Waals surface area contributed by atoms with Gasteiger partial charge in [-0.15, -0.1) is 0 Å². The van der Waals surface area contributed by atoms with Gasteiger partial charge in [-0.2, -0.15) is 0 Å². The van der Waals surface area contributed by atoms with Crippen LogP contribution in [0.25, 0.3) is 10.8 Å². The highest BCUT2D eigenvalue weighted by atomic mass is 16.2. The van der Waals surface area contributed by atoms with Gasteiger partial charge in [0.2, 0.25) is 53.2 Å². The summed E-state index contributed by atoms with van der Waals surface area (Å²) in [4.78, 5) is 134. The molecule has 1 heterocycles. The zero-order valence-corrected chi connectivity index (χ0v) is 47.0. The minimum atomic E-state index is -1.49. The number of likely N-dealkylation sites (tertiary alicyclic amines) is 1. The maximum absolute atomic E-state index is 14.8. The fourth-order valence-electron chi connectivity index (χ4n) is 9.63. The number of aliphatic imine (C=N–C) groups is 2. The van der Waals surface area contributed by atoms with Crippen molar-refractivity contribution in [1.29, 1.82) is 0 Å². The van der Waals surface area contributed by atoms with Crippen LogP contribution >= 0.6 is 0 Å². The van der Waals surface area contributed by atoms with Crippen LogP contribution in [0.2, 0.25) is 0 Å². The van der Waals surface area contributed by atoms with Gasteiger partial charge in [0, 0.05) is 32.5 Å². The van der Waals surface area contributed by atoms with E-state index >= 15 is 0 Å². The van der Waals surface area contributed by atoms with Crippen LogP contribution in [0, 0.1) is 5.92 Å². The summed E-state index contributed by atoms with van der Waals surface area (Å²) in [5, 5.41) is 18.4. The number of amides is 9. The van der Waals surface area contributed by atoms with Crippen molar-refractivity contribution in [3.63, 3.8) is 0 Å². The van der Waals surface area contributed by atoms with Gasteiger partial charge in [-0.1, -0.05) is 117 Å². The lowest BCUT2D eigenvalue weighted by Crippen LogP contribution is -2.60. The summed E-state index contributed by atoms with van der Waals surface area (Å²) in [5.41, 5.74) is 41.5. The third kappa shape index (κ3) is 21.4. The molecule has 25 heteroatoms. The molecule has 1 saturated heterocycles. The minimum Gasteiger partial charge on any atom is -0.370 e. The van der Waals surface area contributed by atoms with E-state index in [1.165, 1.54) is 4.90 Å². The second-order valence-electron chi connectivity index (χ2n) is 21.0. The van der Waals surface area contributed by atoms with Crippen molar-refractivity contribution in [2.45, 2.75) is 133 Å². The first-order valence-electron chi connectivity index (χ1n) is 27.7. The van der Waals surface area contributed by atoms with Crippen molar-refractivity contribution in [2.75, 3.05) is 19.6 Å². The molecule has 4 aromatic rings. The van der Waals surface area contributed by atoms with Gasteiger partial charge in [0.05, 0.1) is 12.5 Å². The number of nitrogens with two attached hydrogens (primary N) is 7. The minimum absolute atomic E-state index is 0.0329. The third-order valence-corrected chi connectivity index (χ3v) is 13.8. The van der Waals surface area contributed by atoms with Crippen molar-refractivity contribution in [3.05, 3.63) is 120 Å². The molecule has 0 aromatic heterocycles. The topological polar surface area (TPSA) is 436 Å². The number of nitrogens with one attached hydrogen (secondary N) is 6. The molecule has 446 valence electrons. The third-order valence-electron chi connectivity index (χ3n) is 13.8. The molecule has 0 spiro atoms. The van der Waals surface area contributed by atoms with Gasteiger partial charge in [-0.05, 0) is 84.7 Å². The molecule has 1 aliphatic rings. The molecule has 1 fully saturated rings. The molecule has 1 aliphatic heterocycles. The van der Waals surface area contributed by atoms with Crippen LogP contribution in [0.15, 0.2) is 113 Å². The zero-order chi connectivity index (χ0) is 60.6. The Morgan fingerprint density at radius 1 is 0.530 bits per heavy atom. The number of carbonyl (C=O) groups is 9. The number of nitrogens with zero attached hydrogens (tertiary/aromatic N) is 3. The summed E-state index contributed by atoms with van der Waals surface area (Å²) < 4.78 is 0. The molecule has 20 N–H and O–H groups in total. The molecule has 0 aliphatic carbocycles. The summed E-state index contributed by atoms with van der Waals surface area (Å²) in [6.45, 7) is 3.92. The maximum Gasteiger partial charge on any atom is 0.245 e. The van der Waals surface area contributed by atoms with Crippen LogP contribution in [-0.4, -0.2) is 138 Å². The highest BCUT2D eigenvalue weighted by Gasteiger charge is 2.40. The first kappa shape index (κ1) is 64.7. The van der Waals surface area contributed by atoms with Crippen LogP contribution < -0.4 is 72.0 Å². The summed E-state index contributed by atoms with van der Waals surface area (Å²) in [6.07, 6.45) is 0.464. The van der Waals surface area contributed by atoms with E-state index in [9.17, 15) is 43.2 Å². The number of benzene rings is 4. The number of guanidine groups is 2. The second-order valence-corrected chi connectivity index (χ2v) is 21.0. The summed E-state index contributed by atoms with van der Waals surface area (Å²) in [6, 6.07) is 21.4. The Balaban J connectivity index is 1.38. The number of hydrogen-bond donors (Lipinski definition) is 13. The number of carbonyl (C=O) groups excluding carboxylic acids is 9. The Hall–Kier alpha value is -9.13. The molecular formula is C58H80N16O9. The van der Waals surface area contributed by atoms with Crippen molar-refractivity contribution in [1.82, 2.24) is 36.8 Å². The number of rotatable bonds is 32. The van der Waals surface area contributed by atoms with E-state index in [-0.39, 0.29) is 95.3 Å². The summed E-state index contributed by atoms with van der Waals surface area (Å²) in [5.74, 6) is -7.56. The van der Waals surface area contributed by atoms with Gasteiger partial charge >= 0.3 is 0 Å². The second kappa shape index (κ2) is 32.3. The van der Waals surface area contributed by atoms with Crippen LogP contribution in [0.3, 0.4) is 0 Å². The van der Waals surface area contributed by atoms with Crippen molar-refractivity contribution < 1.29 is 43.2 Å². The molecule has 0 radical (unpaired) electrons. The molecule has 83 heavy (non-hydrogen) atoms. The Morgan fingerprint density at radius 2 is 1.01 bits per heavy atom. The fraction of sp³-hybridized carbons (Fsp3) is 0.431. The summed E-state index contributed by atoms with van der Waals surface area (Å²) >= 11 is 0. The van der Waals surface area contributed by atoms with E-state index in [0.29, 0.717) is 12.0 Å². The number of primary amides is 2. The Labute approximate surface area is 482 Å². The van der Waals surface area contributed by atoms with Crippen LogP contribution in [-0.2, 0) is 62.4 Å². The van der Waals surface area contributed by atoms with E-state index in [4.69, 9.17) is 40.1 Å². The Morgan fingerprint density at radius 3 is 1.55 bits per heavy atom. The van der Waals surface area contributed by atoms with Crippen LogP contribution in [0.4, 0.5) is 0 Å². The Kier molecular flexibility index (Phi) is 25.2. The average molecular weight is 1150 g/mol. The van der Waals surface area contributed by atoms with Gasteiger partial charge in [0.1, 0.15) is 42.3 Å². The van der Waals surface area contributed by atoms with Gasteiger partial charge in [-0.25, -0.2) is 0 Å². The van der Waals surface area contributed by atoms with Crippen molar-refractivity contribution in [3.8, 4) is 0 Å². The molecule has 5 rings (SSSR count). The predicted molar refractivity (Wildman–Crippen MR) is 315 cm³/mol. The molecule has 0 unspecified atom stereocenters. The zero-order valence-electron chi connectivity index (χ0n) is 47.0. The standard InChI is InChI=1S/C58H80N16O9/c1-34(2)28-44(72-54(81)45(31-35-14-5-3-6-15-35)71-50(77)40(59)30-37-23-24-38-18-9-10-19-39(38)29-37)52(79)73-46(32-36-16-7-4-8-17-36)53(80)69-42(21-12-26-67-58(64)65)56(83)74-27-13-22-47(74)55(82)68-41(20-11-25-66-57(62)63)51(78)70-43(49(61)76)33-48(60)75/h3-10,14-19,23-24,29,34,40-47H,11-13,20-22,25-28,30-33,59H2,1-2H3,(H2,60,75)(H2,61,76)(H,68,82)(H,69,80)(H,70,78)(H,71,77)(H,72,81)(H,73,79)(H4,62,63,66)(H4,64,65,67)/t40-,41-,42-,43-,44-,45-,46-,47-/m0/s1. The van der Waals surface area contributed by atoms with Gasteiger partial charge in [-0.3, -0.25) is 53.1 Å². The first-order chi connectivity index (χ1) is 39.6. The maximum atomic E-state index is 14.8. The van der Waals surface area contributed by atoms with E-state index in [0.717, 1.165) is 21.9 Å². The highest BCUT2D eigenvalue weighted by Crippen LogP contribution is 2.22. The lowest BCUT2D eigenvalue weighted by molar-refractivity contribution is -0.142. The Bertz CT molecular complexity index is 2940. The van der Waals surface area contributed by atoms with E-state index in [1.807, 2.05) is 74.5 Å². The number of fused-ring (bicyclic) bond motifs is 1. The normalized spacial score (nSPS) is 15.4. The van der Waals surface area contributed by atoms with Crippen LogP contribution in [0.5, 0.6) is 0 Å². The van der Waals surface area contributed by atoms with Crippen molar-refractivity contribution in [2.24, 2.45) is 56.0 Å². The predicted octanol–water partition coefficient (Wildman–Crippen LogP) is -1.39. The first-order valence-corrected chi connectivity index (χ1v) is 27.7. The smallest absolute Gasteiger partial charge is 0.245 e. The van der Waals surface area contributed by atoms with Gasteiger partial charge < -0.3 is 76.9 Å². The lowest BCUT2D eigenvalue weighted by Gasteiger charge is -2.31. The van der Waals surface area contributed by atoms with Gasteiger partial charge in [0.15, 0.2) is 11.9 Å². The fourth-order valence-corrected chi connectivity index (χ4v) is 9.63. The van der Waals surface area contributed by atoms with Crippen LogP contribution in [0.1, 0.15) is 81.9 Å². The van der Waals surface area contributed by atoms with Crippen molar-refractivity contribution >= 4 is 75.9 Å². The molecule has 4 aromatic carbocycles. The molecule has 0 saturated carbocycles.